The normalized spacial score (nSPS) is 16.2. The molecule has 2 rings (SSSR count). The first-order valence-corrected chi connectivity index (χ1v) is 6.85. The average Bonchev–Trinajstić information content (AvgIpc) is 2.30. The third-order valence-electron chi connectivity index (χ3n) is 2.37. The van der Waals surface area contributed by atoms with Gasteiger partial charge in [-0.25, -0.2) is 9.78 Å². The topological polar surface area (TPSA) is 53.4 Å². The van der Waals surface area contributed by atoms with Gasteiger partial charge >= 0.3 is 5.97 Å². The minimum atomic E-state index is -0.929. The van der Waals surface area contributed by atoms with Gasteiger partial charge in [0.25, 0.3) is 0 Å². The number of halogens is 1. The van der Waals surface area contributed by atoms with Crippen LogP contribution in [0.4, 0.5) is 5.82 Å². The Morgan fingerprint density at radius 2 is 2.19 bits per heavy atom. The molecule has 16 heavy (non-hydrogen) atoms. The van der Waals surface area contributed by atoms with Crippen LogP contribution in [0.1, 0.15) is 10.4 Å². The van der Waals surface area contributed by atoms with E-state index in [4.69, 9.17) is 5.11 Å². The quantitative estimate of drug-likeness (QED) is 0.907. The summed E-state index contributed by atoms with van der Waals surface area (Å²) in [5, 5.41) is 9.13. The minimum Gasteiger partial charge on any atom is -0.478 e. The number of aromatic carboxylic acids is 1. The summed E-state index contributed by atoms with van der Waals surface area (Å²) < 4.78 is 0.694. The van der Waals surface area contributed by atoms with E-state index in [1.807, 2.05) is 16.7 Å². The van der Waals surface area contributed by atoms with Gasteiger partial charge < -0.3 is 10.0 Å². The minimum absolute atomic E-state index is 0.265. The average molecular weight is 303 g/mol. The van der Waals surface area contributed by atoms with Crippen LogP contribution >= 0.6 is 27.7 Å². The molecule has 0 spiro atoms. The van der Waals surface area contributed by atoms with Crippen LogP contribution in [-0.4, -0.2) is 40.7 Å². The molecular weight excluding hydrogens is 292 g/mol. The Balaban J connectivity index is 2.34. The lowest BCUT2D eigenvalue weighted by Gasteiger charge is -2.28. The fraction of sp³-hybridized carbons (Fsp3) is 0.400. The van der Waals surface area contributed by atoms with Crippen LogP contribution < -0.4 is 4.90 Å². The first-order valence-electron chi connectivity index (χ1n) is 4.90. The van der Waals surface area contributed by atoms with E-state index in [2.05, 4.69) is 20.9 Å². The summed E-state index contributed by atoms with van der Waals surface area (Å²) in [6.07, 6.45) is 1.64. The molecule has 1 aliphatic heterocycles. The van der Waals surface area contributed by atoms with Crippen molar-refractivity contribution in [3.63, 3.8) is 0 Å². The Bertz CT molecular complexity index is 408. The van der Waals surface area contributed by atoms with Gasteiger partial charge in [-0.2, -0.15) is 11.8 Å². The van der Waals surface area contributed by atoms with Crippen molar-refractivity contribution >= 4 is 39.5 Å². The molecular formula is C10H11BrN2O2S. The van der Waals surface area contributed by atoms with Crippen molar-refractivity contribution in [2.24, 2.45) is 0 Å². The largest absolute Gasteiger partial charge is 0.478 e. The zero-order chi connectivity index (χ0) is 11.5. The van der Waals surface area contributed by atoms with E-state index in [-0.39, 0.29) is 5.56 Å². The molecule has 1 saturated heterocycles. The standard InChI is InChI=1S/C10H11BrN2O2S/c11-7-5-8(10(14)15)9(12-6-7)13-1-3-16-4-2-13/h5-6H,1-4H2,(H,14,15). The van der Waals surface area contributed by atoms with Crippen molar-refractivity contribution < 1.29 is 9.90 Å². The molecule has 1 aromatic heterocycles. The number of pyridine rings is 1. The third kappa shape index (κ3) is 2.49. The van der Waals surface area contributed by atoms with E-state index in [0.717, 1.165) is 24.6 Å². The zero-order valence-electron chi connectivity index (χ0n) is 8.52. The molecule has 86 valence electrons. The van der Waals surface area contributed by atoms with Crippen LogP contribution in [0.2, 0.25) is 0 Å². The maximum Gasteiger partial charge on any atom is 0.339 e. The number of anilines is 1. The summed E-state index contributed by atoms with van der Waals surface area (Å²) in [4.78, 5) is 17.4. The van der Waals surface area contributed by atoms with Crippen LogP contribution in [0.15, 0.2) is 16.7 Å². The van der Waals surface area contributed by atoms with Crippen molar-refractivity contribution in [2.45, 2.75) is 0 Å². The third-order valence-corrected chi connectivity index (χ3v) is 3.75. The second-order valence-electron chi connectivity index (χ2n) is 3.43. The molecule has 0 bridgehead atoms. The highest BCUT2D eigenvalue weighted by Gasteiger charge is 2.19. The second-order valence-corrected chi connectivity index (χ2v) is 5.57. The highest BCUT2D eigenvalue weighted by molar-refractivity contribution is 9.10. The van der Waals surface area contributed by atoms with Gasteiger partial charge in [-0.15, -0.1) is 0 Å². The van der Waals surface area contributed by atoms with E-state index in [1.165, 1.54) is 0 Å². The van der Waals surface area contributed by atoms with Crippen molar-refractivity contribution in [1.82, 2.24) is 4.98 Å². The Morgan fingerprint density at radius 3 is 2.81 bits per heavy atom. The van der Waals surface area contributed by atoms with Gasteiger partial charge in [0.15, 0.2) is 0 Å². The molecule has 1 fully saturated rings. The molecule has 6 heteroatoms. The van der Waals surface area contributed by atoms with Gasteiger partial charge in [-0.3, -0.25) is 0 Å². The number of aromatic nitrogens is 1. The SMILES string of the molecule is O=C(O)c1cc(Br)cnc1N1CCSCC1. The highest BCUT2D eigenvalue weighted by Crippen LogP contribution is 2.24. The molecule has 1 N–H and O–H groups in total. The second kappa shape index (κ2) is 5.05. The zero-order valence-corrected chi connectivity index (χ0v) is 10.9. The van der Waals surface area contributed by atoms with E-state index < -0.39 is 5.97 Å². The number of hydrogen-bond acceptors (Lipinski definition) is 4. The van der Waals surface area contributed by atoms with Crippen LogP contribution in [0.3, 0.4) is 0 Å². The Morgan fingerprint density at radius 1 is 1.50 bits per heavy atom. The summed E-state index contributed by atoms with van der Waals surface area (Å²) in [5.74, 6) is 1.70. The number of carbonyl (C=O) groups is 1. The molecule has 0 aliphatic carbocycles. The molecule has 1 aliphatic rings. The predicted molar refractivity (Wildman–Crippen MR) is 68.4 cm³/mol. The lowest BCUT2D eigenvalue weighted by atomic mass is 10.2. The number of carboxylic acid groups (broad SMARTS) is 1. The van der Waals surface area contributed by atoms with Gasteiger partial charge in [0, 0.05) is 35.3 Å². The summed E-state index contributed by atoms with van der Waals surface area (Å²) in [5.41, 5.74) is 0.265. The summed E-state index contributed by atoms with van der Waals surface area (Å²) >= 11 is 5.12. The first-order chi connectivity index (χ1) is 7.68. The van der Waals surface area contributed by atoms with E-state index in [9.17, 15) is 4.79 Å². The summed E-state index contributed by atoms with van der Waals surface area (Å²) in [6.45, 7) is 1.72. The van der Waals surface area contributed by atoms with E-state index >= 15 is 0 Å². The predicted octanol–water partition coefficient (Wildman–Crippen LogP) is 2.10. The lowest BCUT2D eigenvalue weighted by Crippen LogP contribution is -2.34. The fourth-order valence-electron chi connectivity index (χ4n) is 1.62. The summed E-state index contributed by atoms with van der Waals surface area (Å²) in [6, 6.07) is 1.60. The van der Waals surface area contributed by atoms with Gasteiger partial charge in [-0.05, 0) is 22.0 Å². The number of nitrogens with zero attached hydrogens (tertiary/aromatic N) is 2. The maximum absolute atomic E-state index is 11.1. The summed E-state index contributed by atoms with van der Waals surface area (Å²) in [7, 11) is 0. The Labute approximate surface area is 106 Å². The van der Waals surface area contributed by atoms with Crippen molar-refractivity contribution in [1.29, 1.82) is 0 Å². The molecule has 2 heterocycles. The van der Waals surface area contributed by atoms with Gasteiger partial charge in [0.1, 0.15) is 11.4 Å². The van der Waals surface area contributed by atoms with Crippen LogP contribution in [0.5, 0.6) is 0 Å². The maximum atomic E-state index is 11.1. The van der Waals surface area contributed by atoms with Crippen molar-refractivity contribution in [2.75, 3.05) is 29.5 Å². The Kier molecular flexibility index (Phi) is 3.70. The van der Waals surface area contributed by atoms with Crippen LogP contribution in [-0.2, 0) is 0 Å². The molecule has 1 aromatic rings. The first kappa shape index (κ1) is 11.7. The molecule has 4 nitrogen and oxygen atoms in total. The van der Waals surface area contributed by atoms with Gasteiger partial charge in [0.05, 0.1) is 0 Å². The highest BCUT2D eigenvalue weighted by atomic mass is 79.9. The molecule has 0 amide bonds. The number of hydrogen-bond donors (Lipinski definition) is 1. The fourth-order valence-corrected chi connectivity index (χ4v) is 2.85. The van der Waals surface area contributed by atoms with Crippen LogP contribution in [0.25, 0.3) is 0 Å². The van der Waals surface area contributed by atoms with E-state index in [0.29, 0.717) is 10.3 Å². The smallest absolute Gasteiger partial charge is 0.339 e. The van der Waals surface area contributed by atoms with Gasteiger partial charge in [-0.1, -0.05) is 0 Å². The molecule has 0 saturated carbocycles. The van der Waals surface area contributed by atoms with Crippen molar-refractivity contribution in [3.05, 3.63) is 22.3 Å². The lowest BCUT2D eigenvalue weighted by molar-refractivity contribution is 0.0697. The molecule has 0 unspecified atom stereocenters. The number of thioether (sulfide) groups is 1. The van der Waals surface area contributed by atoms with Gasteiger partial charge in [0.2, 0.25) is 0 Å². The number of carboxylic acids is 1. The molecule has 0 aromatic carbocycles. The Hall–Kier alpha value is -0.750. The molecule has 0 radical (unpaired) electrons. The van der Waals surface area contributed by atoms with E-state index in [1.54, 1.807) is 12.3 Å². The monoisotopic (exact) mass is 302 g/mol. The van der Waals surface area contributed by atoms with Crippen molar-refractivity contribution in [3.8, 4) is 0 Å². The number of rotatable bonds is 2. The van der Waals surface area contributed by atoms with Crippen LogP contribution in [0, 0.1) is 0 Å². The molecule has 0 atom stereocenters.